The van der Waals surface area contributed by atoms with Crippen molar-refractivity contribution in [3.8, 4) is 0 Å². The molecule has 0 radical (unpaired) electrons. The summed E-state index contributed by atoms with van der Waals surface area (Å²) in [5, 5.41) is 0. The number of hydrogen-bond donors (Lipinski definition) is 0. The first kappa shape index (κ1) is 12.1. The maximum atomic E-state index is 12.1. The van der Waals surface area contributed by atoms with Crippen LogP contribution in [0.1, 0.15) is 59.8 Å². The van der Waals surface area contributed by atoms with Crippen LogP contribution in [0.5, 0.6) is 0 Å². The Balaban J connectivity index is 2.24. The van der Waals surface area contributed by atoms with E-state index in [0.717, 1.165) is 24.7 Å². The third kappa shape index (κ3) is 1.94. The monoisotopic (exact) mass is 222 g/mol. The third-order valence-corrected chi connectivity index (χ3v) is 5.27. The van der Waals surface area contributed by atoms with Gasteiger partial charge in [-0.05, 0) is 48.9 Å². The summed E-state index contributed by atoms with van der Waals surface area (Å²) in [6.07, 6.45) is 5.86. The molecule has 0 saturated heterocycles. The summed E-state index contributed by atoms with van der Waals surface area (Å²) in [6, 6.07) is 0. The second-order valence-electron chi connectivity index (χ2n) is 6.86. The molecule has 16 heavy (non-hydrogen) atoms. The number of hydrogen-bond acceptors (Lipinski definition) is 1. The van der Waals surface area contributed by atoms with Crippen LogP contribution in [0.15, 0.2) is 0 Å². The van der Waals surface area contributed by atoms with Gasteiger partial charge in [0, 0.05) is 12.3 Å². The van der Waals surface area contributed by atoms with Crippen molar-refractivity contribution in [2.75, 3.05) is 0 Å². The highest BCUT2D eigenvalue weighted by Crippen LogP contribution is 2.53. The van der Waals surface area contributed by atoms with Crippen molar-refractivity contribution in [2.45, 2.75) is 59.8 Å². The summed E-state index contributed by atoms with van der Waals surface area (Å²) >= 11 is 0. The molecule has 92 valence electrons. The van der Waals surface area contributed by atoms with Crippen molar-refractivity contribution in [1.29, 1.82) is 0 Å². The van der Waals surface area contributed by atoms with Gasteiger partial charge in [0.1, 0.15) is 5.78 Å². The fourth-order valence-corrected chi connectivity index (χ4v) is 4.26. The Morgan fingerprint density at radius 1 is 1.31 bits per heavy atom. The molecule has 2 aliphatic rings. The number of carbonyl (C=O) groups is 1. The van der Waals surface area contributed by atoms with Gasteiger partial charge in [-0.25, -0.2) is 0 Å². The van der Waals surface area contributed by atoms with Crippen molar-refractivity contribution in [2.24, 2.45) is 29.1 Å². The molecule has 0 spiro atoms. The molecule has 0 bridgehead atoms. The highest BCUT2D eigenvalue weighted by Gasteiger charge is 2.49. The third-order valence-electron chi connectivity index (χ3n) is 5.27. The zero-order chi connectivity index (χ0) is 11.9. The average Bonchev–Trinajstić information content (AvgIpc) is 2.40. The normalized spacial score (nSPS) is 44.6. The molecule has 2 aliphatic carbocycles. The van der Waals surface area contributed by atoms with E-state index in [1.807, 2.05) is 0 Å². The van der Waals surface area contributed by atoms with Crippen LogP contribution in [0.2, 0.25) is 0 Å². The van der Waals surface area contributed by atoms with E-state index in [9.17, 15) is 4.79 Å². The maximum Gasteiger partial charge on any atom is 0.136 e. The summed E-state index contributed by atoms with van der Waals surface area (Å²) in [6.45, 7) is 9.36. The van der Waals surface area contributed by atoms with Gasteiger partial charge in [0.15, 0.2) is 0 Å². The van der Waals surface area contributed by atoms with Crippen LogP contribution in [-0.2, 0) is 4.79 Å². The minimum absolute atomic E-state index is 0.321. The lowest BCUT2D eigenvalue weighted by atomic mass is 9.70. The number of rotatable bonds is 1. The van der Waals surface area contributed by atoms with Gasteiger partial charge in [0.25, 0.3) is 0 Å². The molecule has 0 amide bonds. The van der Waals surface area contributed by atoms with Crippen LogP contribution < -0.4 is 0 Å². The van der Waals surface area contributed by atoms with E-state index in [2.05, 4.69) is 27.7 Å². The zero-order valence-electron chi connectivity index (χ0n) is 11.3. The molecule has 0 N–H and O–H groups in total. The van der Waals surface area contributed by atoms with Crippen LogP contribution in [0, 0.1) is 29.1 Å². The van der Waals surface area contributed by atoms with Gasteiger partial charge >= 0.3 is 0 Å². The Kier molecular flexibility index (Phi) is 3.16. The number of fused-ring (bicyclic) bond motifs is 1. The van der Waals surface area contributed by atoms with E-state index < -0.39 is 0 Å². The van der Waals surface area contributed by atoms with Gasteiger partial charge in [0.2, 0.25) is 0 Å². The smallest absolute Gasteiger partial charge is 0.136 e. The Morgan fingerprint density at radius 3 is 2.62 bits per heavy atom. The largest absolute Gasteiger partial charge is 0.299 e. The Morgan fingerprint density at radius 2 is 2.00 bits per heavy atom. The molecule has 1 nitrogen and oxygen atoms in total. The number of ketones is 1. The van der Waals surface area contributed by atoms with E-state index in [4.69, 9.17) is 0 Å². The predicted molar refractivity (Wildman–Crippen MR) is 67.2 cm³/mol. The standard InChI is InChI=1S/C15H26O/c1-10(2)12-6-5-11(3)14-13(16)7-8-15(14,4)9-12/h10-12,14H,5-9H2,1-4H3/t11-,12+,14+,15-/m0/s1. The van der Waals surface area contributed by atoms with Crippen LogP contribution in [0.25, 0.3) is 0 Å². The fourth-order valence-electron chi connectivity index (χ4n) is 4.26. The second-order valence-corrected chi connectivity index (χ2v) is 6.86. The summed E-state index contributed by atoms with van der Waals surface area (Å²) < 4.78 is 0. The molecule has 2 saturated carbocycles. The summed E-state index contributed by atoms with van der Waals surface area (Å²) in [7, 11) is 0. The van der Waals surface area contributed by atoms with Gasteiger partial charge in [-0.15, -0.1) is 0 Å². The van der Waals surface area contributed by atoms with Crippen LogP contribution in [-0.4, -0.2) is 5.78 Å². The molecule has 0 unspecified atom stereocenters. The molecule has 0 aromatic rings. The molecule has 0 heterocycles. The Hall–Kier alpha value is -0.330. The molecule has 2 rings (SSSR count). The minimum Gasteiger partial charge on any atom is -0.299 e. The highest BCUT2D eigenvalue weighted by atomic mass is 16.1. The second kappa shape index (κ2) is 4.16. The lowest BCUT2D eigenvalue weighted by Gasteiger charge is -2.34. The van der Waals surface area contributed by atoms with Crippen LogP contribution in [0.4, 0.5) is 0 Å². The summed E-state index contributed by atoms with van der Waals surface area (Å²) in [5.41, 5.74) is 0.321. The predicted octanol–water partition coefficient (Wildman–Crippen LogP) is 4.06. The molecule has 2 fully saturated rings. The average molecular weight is 222 g/mol. The first-order valence-electron chi connectivity index (χ1n) is 6.97. The number of Topliss-reactive ketones (excluding diaryl/α,β-unsaturated/α-hetero) is 1. The van der Waals surface area contributed by atoms with Gasteiger partial charge in [0.05, 0.1) is 0 Å². The Labute approximate surface area is 100.0 Å². The molecule has 0 aromatic carbocycles. The van der Waals surface area contributed by atoms with Gasteiger partial charge < -0.3 is 0 Å². The van der Waals surface area contributed by atoms with Crippen LogP contribution >= 0.6 is 0 Å². The Bertz CT molecular complexity index is 281. The molecule has 1 heteroatoms. The van der Waals surface area contributed by atoms with Gasteiger partial charge in [-0.3, -0.25) is 4.79 Å². The molecular formula is C15H26O. The van der Waals surface area contributed by atoms with Crippen molar-refractivity contribution >= 4 is 5.78 Å². The van der Waals surface area contributed by atoms with Crippen molar-refractivity contribution < 1.29 is 4.79 Å². The molecule has 4 atom stereocenters. The highest BCUT2D eigenvalue weighted by molar-refractivity contribution is 5.84. The minimum atomic E-state index is 0.321. The number of carbonyl (C=O) groups excluding carboxylic acids is 1. The van der Waals surface area contributed by atoms with E-state index in [0.29, 0.717) is 23.0 Å². The van der Waals surface area contributed by atoms with Gasteiger partial charge in [-0.1, -0.05) is 27.7 Å². The lowest BCUT2D eigenvalue weighted by Crippen LogP contribution is -2.30. The zero-order valence-corrected chi connectivity index (χ0v) is 11.3. The SMILES string of the molecule is CC(C)[C@@H]1CC[C@H](C)[C@@H]2C(=O)CC[C@@]2(C)C1. The quantitative estimate of drug-likeness (QED) is 0.654. The van der Waals surface area contributed by atoms with Crippen molar-refractivity contribution in [3.05, 3.63) is 0 Å². The molecule has 0 aromatic heterocycles. The summed E-state index contributed by atoms with van der Waals surface area (Å²) in [4.78, 5) is 12.1. The maximum absolute atomic E-state index is 12.1. The topological polar surface area (TPSA) is 17.1 Å². The van der Waals surface area contributed by atoms with E-state index >= 15 is 0 Å². The van der Waals surface area contributed by atoms with Crippen molar-refractivity contribution in [3.63, 3.8) is 0 Å². The summed E-state index contributed by atoms with van der Waals surface area (Å²) in [5.74, 6) is 3.15. The lowest BCUT2D eigenvalue weighted by molar-refractivity contribution is -0.123. The van der Waals surface area contributed by atoms with Crippen molar-refractivity contribution in [1.82, 2.24) is 0 Å². The first-order chi connectivity index (χ1) is 7.44. The van der Waals surface area contributed by atoms with E-state index in [-0.39, 0.29) is 0 Å². The van der Waals surface area contributed by atoms with E-state index in [1.165, 1.54) is 19.3 Å². The first-order valence-corrected chi connectivity index (χ1v) is 6.97. The van der Waals surface area contributed by atoms with Gasteiger partial charge in [-0.2, -0.15) is 0 Å². The molecular weight excluding hydrogens is 196 g/mol. The van der Waals surface area contributed by atoms with E-state index in [1.54, 1.807) is 0 Å². The molecule has 0 aliphatic heterocycles. The fraction of sp³-hybridized carbons (Fsp3) is 0.933. The van der Waals surface area contributed by atoms with Crippen LogP contribution in [0.3, 0.4) is 0 Å².